The zero-order valence-electron chi connectivity index (χ0n) is 22.6. The van der Waals surface area contributed by atoms with E-state index in [2.05, 4.69) is 30.5 Å². The quantitative estimate of drug-likeness (QED) is 0.310. The number of aromatic nitrogens is 6. The molecule has 0 aliphatic carbocycles. The van der Waals surface area contributed by atoms with Crippen LogP contribution in [-0.2, 0) is 0 Å². The molecule has 1 aliphatic heterocycles. The summed E-state index contributed by atoms with van der Waals surface area (Å²) in [5.41, 5.74) is 5.10. The molecule has 0 radical (unpaired) electrons. The normalized spacial score (nSPS) is 13.8. The molecule has 10 nitrogen and oxygen atoms in total. The summed E-state index contributed by atoms with van der Waals surface area (Å²) in [7, 11) is 0. The lowest BCUT2D eigenvalue weighted by atomic mass is 10.1. The fraction of sp³-hybridized carbons (Fsp3) is 0.276. The van der Waals surface area contributed by atoms with Crippen LogP contribution in [0, 0.1) is 6.92 Å². The lowest BCUT2D eigenvalue weighted by molar-refractivity contribution is 0.589. The number of piperazine rings is 1. The smallest absolute Gasteiger partial charge is 0.261 e. The van der Waals surface area contributed by atoms with E-state index in [1.165, 1.54) is 0 Å². The predicted octanol–water partition coefficient (Wildman–Crippen LogP) is 4.74. The molecule has 1 saturated heterocycles. The highest BCUT2D eigenvalue weighted by molar-refractivity contribution is 6.33. The van der Waals surface area contributed by atoms with Crippen LogP contribution in [-0.4, -0.2) is 55.2 Å². The Morgan fingerprint density at radius 1 is 1.05 bits per heavy atom. The van der Waals surface area contributed by atoms with Crippen LogP contribution in [0.3, 0.4) is 0 Å². The number of anilines is 3. The monoisotopic (exact) mass is 555 g/mol. The molecule has 2 N–H and O–H groups in total. The minimum Gasteiger partial charge on any atom is -0.368 e. The van der Waals surface area contributed by atoms with E-state index in [9.17, 15) is 4.79 Å². The third-order valence-electron chi connectivity index (χ3n) is 7.15. The SMILES string of the molecule is Cc1c(-c2cc3cnc(Nc4ccc(N5CCNCC5)c(Cl)c4)nc3n(C(C)C)c2=O)ncn1-c1ccncc1. The Labute approximate surface area is 236 Å². The van der Waals surface area contributed by atoms with E-state index in [0.717, 1.165) is 54.3 Å². The number of pyridine rings is 2. The Morgan fingerprint density at radius 3 is 2.55 bits per heavy atom. The van der Waals surface area contributed by atoms with E-state index < -0.39 is 0 Å². The maximum absolute atomic E-state index is 13.8. The highest BCUT2D eigenvalue weighted by Gasteiger charge is 2.20. The van der Waals surface area contributed by atoms with Crippen molar-refractivity contribution in [2.75, 3.05) is 36.4 Å². The molecule has 204 valence electrons. The Balaban J connectivity index is 1.36. The van der Waals surface area contributed by atoms with Crippen LogP contribution >= 0.6 is 11.6 Å². The highest BCUT2D eigenvalue weighted by Crippen LogP contribution is 2.31. The van der Waals surface area contributed by atoms with Gasteiger partial charge in [0, 0.05) is 73.3 Å². The summed E-state index contributed by atoms with van der Waals surface area (Å²) in [6, 6.07) is 11.4. The molecule has 0 unspecified atom stereocenters. The maximum Gasteiger partial charge on any atom is 0.261 e. The maximum atomic E-state index is 13.8. The fourth-order valence-corrected chi connectivity index (χ4v) is 5.44. The molecule has 1 fully saturated rings. The second-order valence-electron chi connectivity index (χ2n) is 10.1. The average molecular weight is 556 g/mol. The van der Waals surface area contributed by atoms with Gasteiger partial charge in [-0.15, -0.1) is 0 Å². The van der Waals surface area contributed by atoms with E-state index in [1.807, 2.05) is 61.7 Å². The molecule has 4 aromatic heterocycles. The zero-order chi connectivity index (χ0) is 27.8. The number of benzene rings is 1. The van der Waals surface area contributed by atoms with E-state index in [0.29, 0.717) is 27.9 Å². The predicted molar refractivity (Wildman–Crippen MR) is 159 cm³/mol. The topological polar surface area (TPSA) is 106 Å². The van der Waals surface area contributed by atoms with Crippen molar-refractivity contribution in [3.05, 3.63) is 82.4 Å². The van der Waals surface area contributed by atoms with Crippen LogP contribution in [0.15, 0.2) is 66.1 Å². The van der Waals surface area contributed by atoms with Crippen molar-refractivity contribution in [2.24, 2.45) is 0 Å². The summed E-state index contributed by atoms with van der Waals surface area (Å²) in [5.74, 6) is 0.387. The Kier molecular flexibility index (Phi) is 6.95. The minimum atomic E-state index is -0.154. The molecular weight excluding hydrogens is 526 g/mol. The van der Waals surface area contributed by atoms with Gasteiger partial charge in [-0.1, -0.05) is 11.6 Å². The highest BCUT2D eigenvalue weighted by atomic mass is 35.5. The molecule has 0 saturated carbocycles. The third-order valence-corrected chi connectivity index (χ3v) is 7.46. The average Bonchev–Trinajstić information content (AvgIpc) is 3.34. The number of imidazole rings is 1. The van der Waals surface area contributed by atoms with Crippen molar-refractivity contribution in [1.29, 1.82) is 0 Å². The number of fused-ring (bicyclic) bond motifs is 1. The van der Waals surface area contributed by atoms with E-state index in [-0.39, 0.29) is 11.6 Å². The molecule has 0 spiro atoms. The van der Waals surface area contributed by atoms with Gasteiger partial charge in [0.2, 0.25) is 5.95 Å². The first kappa shape index (κ1) is 26.0. The lowest BCUT2D eigenvalue weighted by Gasteiger charge is -2.30. The molecular formula is C29H30ClN9O. The first-order valence-electron chi connectivity index (χ1n) is 13.3. The second-order valence-corrected chi connectivity index (χ2v) is 10.5. The Bertz CT molecular complexity index is 1740. The van der Waals surface area contributed by atoms with Gasteiger partial charge in [-0.25, -0.2) is 9.97 Å². The van der Waals surface area contributed by atoms with Gasteiger partial charge in [0.15, 0.2) is 0 Å². The van der Waals surface area contributed by atoms with E-state index >= 15 is 0 Å². The van der Waals surface area contributed by atoms with Gasteiger partial charge in [0.25, 0.3) is 5.56 Å². The van der Waals surface area contributed by atoms with Crippen LogP contribution in [0.1, 0.15) is 25.6 Å². The molecule has 0 amide bonds. The summed E-state index contributed by atoms with van der Waals surface area (Å²) in [6.07, 6.45) is 6.92. The van der Waals surface area contributed by atoms with Crippen LogP contribution in [0.25, 0.3) is 28.0 Å². The fourth-order valence-electron chi connectivity index (χ4n) is 5.14. The Hall–Kier alpha value is -4.28. The van der Waals surface area contributed by atoms with Crippen molar-refractivity contribution in [3.8, 4) is 16.9 Å². The van der Waals surface area contributed by atoms with Crippen LogP contribution in [0.4, 0.5) is 17.3 Å². The molecule has 0 atom stereocenters. The van der Waals surface area contributed by atoms with E-state index in [4.69, 9.17) is 16.6 Å². The van der Waals surface area contributed by atoms with Crippen LogP contribution in [0.5, 0.6) is 0 Å². The molecule has 5 aromatic rings. The summed E-state index contributed by atoms with van der Waals surface area (Å²) >= 11 is 6.64. The van der Waals surface area contributed by atoms with Crippen molar-refractivity contribution >= 4 is 40.0 Å². The summed E-state index contributed by atoms with van der Waals surface area (Å²) in [6.45, 7) is 9.60. The number of nitrogens with zero attached hydrogens (tertiary/aromatic N) is 7. The van der Waals surface area contributed by atoms with Gasteiger partial charge in [0.1, 0.15) is 12.0 Å². The van der Waals surface area contributed by atoms with Gasteiger partial charge < -0.3 is 20.1 Å². The largest absolute Gasteiger partial charge is 0.368 e. The zero-order valence-corrected chi connectivity index (χ0v) is 23.4. The van der Waals surface area contributed by atoms with Crippen LogP contribution < -0.4 is 21.1 Å². The van der Waals surface area contributed by atoms with Gasteiger partial charge in [-0.05, 0) is 57.2 Å². The number of hydrogen-bond acceptors (Lipinski definition) is 8. The van der Waals surface area contributed by atoms with Gasteiger partial charge >= 0.3 is 0 Å². The Morgan fingerprint density at radius 2 is 1.82 bits per heavy atom. The molecule has 1 aliphatic rings. The van der Waals surface area contributed by atoms with Gasteiger partial charge in [-0.2, -0.15) is 4.98 Å². The molecule has 5 heterocycles. The lowest BCUT2D eigenvalue weighted by Crippen LogP contribution is -2.43. The first-order chi connectivity index (χ1) is 19.4. The van der Waals surface area contributed by atoms with E-state index in [1.54, 1.807) is 29.5 Å². The first-order valence-corrected chi connectivity index (χ1v) is 13.7. The molecule has 40 heavy (non-hydrogen) atoms. The van der Waals surface area contributed by atoms with Gasteiger partial charge in [-0.3, -0.25) is 14.3 Å². The number of hydrogen-bond donors (Lipinski definition) is 2. The number of nitrogens with one attached hydrogen (secondary N) is 2. The summed E-state index contributed by atoms with van der Waals surface area (Å²) in [5, 5.41) is 8.03. The standard InChI is InChI=1S/C29H30ClN9O/c1-18(2)39-27-20(14-23(28(39)40)26-19(3)38(17-34-26)22-6-8-31-9-7-22)16-33-29(36-27)35-21-4-5-25(24(30)15-21)37-12-10-32-11-13-37/h4-9,14-18,32H,10-13H2,1-3H3,(H,33,35,36). The van der Waals surface area contributed by atoms with Crippen molar-refractivity contribution in [3.63, 3.8) is 0 Å². The number of rotatable bonds is 6. The molecule has 6 rings (SSSR count). The number of halogens is 1. The summed E-state index contributed by atoms with van der Waals surface area (Å²) in [4.78, 5) is 34.1. The van der Waals surface area contributed by atoms with Crippen LogP contribution in [0.2, 0.25) is 5.02 Å². The van der Waals surface area contributed by atoms with Crippen molar-refractivity contribution in [1.82, 2.24) is 34.4 Å². The second kappa shape index (κ2) is 10.7. The molecule has 11 heteroatoms. The molecule has 0 bridgehead atoms. The molecule has 1 aromatic carbocycles. The van der Waals surface area contributed by atoms with Crippen molar-refractivity contribution < 1.29 is 0 Å². The third kappa shape index (κ3) is 4.80. The van der Waals surface area contributed by atoms with Crippen molar-refractivity contribution in [2.45, 2.75) is 26.8 Å². The van der Waals surface area contributed by atoms with Gasteiger partial charge in [0.05, 0.1) is 22.0 Å². The minimum absolute atomic E-state index is 0.131. The summed E-state index contributed by atoms with van der Waals surface area (Å²) < 4.78 is 3.64.